The maximum absolute atomic E-state index is 11.7. The maximum Gasteiger partial charge on any atom is 0.232 e. The molecule has 0 aliphatic heterocycles. The second kappa shape index (κ2) is 7.97. The summed E-state index contributed by atoms with van der Waals surface area (Å²) in [7, 11) is -3.31. The number of aromatic nitrogens is 2. The number of fused-ring (bicyclic) bond motifs is 1. The minimum absolute atomic E-state index is 0.0310. The molecule has 0 fully saturated rings. The van der Waals surface area contributed by atoms with Gasteiger partial charge in [0.1, 0.15) is 17.3 Å². The number of para-hydroxylation sites is 1. The number of hydrogen-bond donors (Lipinski definition) is 2. The van der Waals surface area contributed by atoms with Gasteiger partial charge in [0.15, 0.2) is 0 Å². The molecule has 1 heterocycles. The molecule has 0 aliphatic rings. The van der Waals surface area contributed by atoms with Crippen molar-refractivity contribution in [1.82, 2.24) is 9.97 Å². The Morgan fingerprint density at radius 2 is 1.69 bits per heavy atom. The third kappa shape index (κ3) is 4.75. The fourth-order valence-corrected chi connectivity index (χ4v) is 3.59. The molecule has 4 aromatic rings. The molecule has 3 aromatic carbocycles. The Morgan fingerprint density at radius 3 is 2.41 bits per heavy atom. The molecule has 0 amide bonds. The van der Waals surface area contributed by atoms with E-state index >= 15 is 0 Å². The van der Waals surface area contributed by atoms with Gasteiger partial charge in [0.05, 0.1) is 22.5 Å². The molecule has 0 saturated carbocycles. The zero-order valence-corrected chi connectivity index (χ0v) is 16.7. The van der Waals surface area contributed by atoms with Crippen LogP contribution in [0.3, 0.4) is 0 Å². The molecule has 4 rings (SSSR count). The van der Waals surface area contributed by atoms with Crippen LogP contribution < -0.4 is 9.46 Å². The molecule has 1 aromatic heterocycles. The van der Waals surface area contributed by atoms with Crippen LogP contribution in [-0.4, -0.2) is 24.1 Å². The highest BCUT2D eigenvalue weighted by molar-refractivity contribution is 7.92. The Hall–Kier alpha value is -3.32. The number of H-pyrrole nitrogens is 1. The van der Waals surface area contributed by atoms with Crippen molar-refractivity contribution in [2.75, 3.05) is 10.5 Å². The van der Waals surface area contributed by atoms with Crippen molar-refractivity contribution in [2.45, 2.75) is 13.3 Å². The van der Waals surface area contributed by atoms with Gasteiger partial charge in [-0.25, -0.2) is 13.4 Å². The summed E-state index contributed by atoms with van der Waals surface area (Å²) in [6, 6.07) is 22.8. The van der Waals surface area contributed by atoms with Gasteiger partial charge in [-0.2, -0.15) is 0 Å². The van der Waals surface area contributed by atoms with Crippen LogP contribution >= 0.6 is 0 Å². The fraction of sp³-hybridized carbons (Fsp3) is 0.136. The van der Waals surface area contributed by atoms with Gasteiger partial charge in [-0.1, -0.05) is 30.3 Å². The number of imidazole rings is 1. The number of nitrogens with zero attached hydrogens (tertiary/aromatic N) is 1. The minimum Gasteiger partial charge on any atom is -0.457 e. The molecule has 0 bridgehead atoms. The predicted octanol–water partition coefficient (Wildman–Crippen LogP) is 4.71. The van der Waals surface area contributed by atoms with E-state index in [0.29, 0.717) is 12.1 Å². The van der Waals surface area contributed by atoms with Crippen LogP contribution in [0.5, 0.6) is 11.5 Å². The second-order valence-electron chi connectivity index (χ2n) is 6.66. The van der Waals surface area contributed by atoms with Gasteiger partial charge in [0.2, 0.25) is 10.0 Å². The average Bonchev–Trinajstić information content (AvgIpc) is 3.11. The van der Waals surface area contributed by atoms with Gasteiger partial charge < -0.3 is 9.72 Å². The van der Waals surface area contributed by atoms with Crippen LogP contribution in [0.25, 0.3) is 11.0 Å². The van der Waals surface area contributed by atoms with Gasteiger partial charge in [-0.3, -0.25) is 4.72 Å². The third-order valence-electron chi connectivity index (χ3n) is 4.46. The van der Waals surface area contributed by atoms with Crippen LogP contribution in [0.4, 0.5) is 5.69 Å². The first-order valence-corrected chi connectivity index (χ1v) is 11.0. The summed E-state index contributed by atoms with van der Waals surface area (Å²) in [5.74, 6) is 2.42. The van der Waals surface area contributed by atoms with Gasteiger partial charge in [-0.05, 0) is 55.0 Å². The zero-order chi connectivity index (χ0) is 20.3. The molecular formula is C22H21N3O3S. The molecule has 0 unspecified atom stereocenters. The monoisotopic (exact) mass is 407 g/mol. The van der Waals surface area contributed by atoms with E-state index in [4.69, 9.17) is 4.74 Å². The standard InChI is InChI=1S/C22H21N3O3S/c1-2-29(26,27)25-17-10-13-20-21(15-17)24-22(23-20)14-16-8-11-19(12-9-16)28-18-6-4-3-5-7-18/h3-13,15,25H,2,14H2,1H3,(H,23,24). The SMILES string of the molecule is CCS(=O)(=O)Nc1ccc2nc(Cc3ccc(Oc4ccccc4)cc3)[nH]c2c1. The van der Waals surface area contributed by atoms with Crippen molar-refractivity contribution in [3.63, 3.8) is 0 Å². The summed E-state index contributed by atoms with van der Waals surface area (Å²) < 4.78 is 31.9. The first-order valence-electron chi connectivity index (χ1n) is 9.32. The van der Waals surface area contributed by atoms with E-state index in [9.17, 15) is 8.42 Å². The highest BCUT2D eigenvalue weighted by Crippen LogP contribution is 2.23. The number of ether oxygens (including phenoxy) is 1. The van der Waals surface area contributed by atoms with Crippen LogP contribution in [0.2, 0.25) is 0 Å². The lowest BCUT2D eigenvalue weighted by atomic mass is 10.1. The first-order chi connectivity index (χ1) is 14.0. The molecule has 0 aliphatic carbocycles. The quantitative estimate of drug-likeness (QED) is 0.465. The zero-order valence-electron chi connectivity index (χ0n) is 15.9. The largest absolute Gasteiger partial charge is 0.457 e. The number of sulfonamides is 1. The molecule has 2 N–H and O–H groups in total. The first kappa shape index (κ1) is 19.0. The summed E-state index contributed by atoms with van der Waals surface area (Å²) >= 11 is 0. The van der Waals surface area contributed by atoms with E-state index in [2.05, 4.69) is 14.7 Å². The Bertz CT molecular complexity index is 1220. The molecule has 29 heavy (non-hydrogen) atoms. The van der Waals surface area contributed by atoms with E-state index in [0.717, 1.165) is 33.9 Å². The van der Waals surface area contributed by atoms with Crippen LogP contribution in [0.1, 0.15) is 18.3 Å². The second-order valence-corrected chi connectivity index (χ2v) is 8.67. The fourth-order valence-electron chi connectivity index (χ4n) is 2.95. The lowest BCUT2D eigenvalue weighted by molar-refractivity contribution is 0.482. The Kier molecular flexibility index (Phi) is 5.22. The van der Waals surface area contributed by atoms with Crippen molar-refractivity contribution >= 4 is 26.7 Å². The summed E-state index contributed by atoms with van der Waals surface area (Å²) in [6.07, 6.45) is 0.635. The summed E-state index contributed by atoms with van der Waals surface area (Å²) in [6.45, 7) is 1.60. The molecule has 0 saturated heterocycles. The molecule has 148 valence electrons. The summed E-state index contributed by atoms with van der Waals surface area (Å²) in [4.78, 5) is 7.86. The molecule has 0 radical (unpaired) electrons. The summed E-state index contributed by atoms with van der Waals surface area (Å²) in [5, 5.41) is 0. The number of aromatic amines is 1. The average molecular weight is 407 g/mol. The Balaban J connectivity index is 1.47. The number of hydrogen-bond acceptors (Lipinski definition) is 4. The number of rotatable bonds is 7. The van der Waals surface area contributed by atoms with E-state index < -0.39 is 10.0 Å². The van der Waals surface area contributed by atoms with E-state index in [1.54, 1.807) is 25.1 Å². The van der Waals surface area contributed by atoms with E-state index in [1.807, 2.05) is 54.6 Å². The highest BCUT2D eigenvalue weighted by Gasteiger charge is 2.09. The van der Waals surface area contributed by atoms with E-state index in [-0.39, 0.29) is 5.75 Å². The topological polar surface area (TPSA) is 84.1 Å². The molecule has 0 spiro atoms. The number of anilines is 1. The van der Waals surface area contributed by atoms with Crippen molar-refractivity contribution in [2.24, 2.45) is 0 Å². The Morgan fingerprint density at radius 1 is 0.966 bits per heavy atom. The van der Waals surface area contributed by atoms with Crippen molar-refractivity contribution in [1.29, 1.82) is 0 Å². The van der Waals surface area contributed by atoms with Crippen LogP contribution in [-0.2, 0) is 16.4 Å². The van der Waals surface area contributed by atoms with Crippen molar-refractivity contribution in [3.8, 4) is 11.5 Å². The van der Waals surface area contributed by atoms with Crippen LogP contribution in [0, 0.1) is 0 Å². The van der Waals surface area contributed by atoms with E-state index in [1.165, 1.54) is 0 Å². The van der Waals surface area contributed by atoms with Gasteiger partial charge >= 0.3 is 0 Å². The van der Waals surface area contributed by atoms with Gasteiger partial charge in [0.25, 0.3) is 0 Å². The van der Waals surface area contributed by atoms with Gasteiger partial charge in [-0.15, -0.1) is 0 Å². The number of nitrogens with one attached hydrogen (secondary N) is 2. The van der Waals surface area contributed by atoms with Crippen molar-refractivity contribution < 1.29 is 13.2 Å². The highest BCUT2D eigenvalue weighted by atomic mass is 32.2. The lowest BCUT2D eigenvalue weighted by Gasteiger charge is -2.06. The minimum atomic E-state index is -3.31. The predicted molar refractivity (Wildman–Crippen MR) is 115 cm³/mol. The smallest absolute Gasteiger partial charge is 0.232 e. The molecular weight excluding hydrogens is 386 g/mol. The summed E-state index contributed by atoms with van der Waals surface area (Å²) in [5.41, 5.74) is 3.21. The van der Waals surface area contributed by atoms with Crippen molar-refractivity contribution in [3.05, 3.63) is 84.2 Å². The molecule has 7 heteroatoms. The molecule has 6 nitrogen and oxygen atoms in total. The normalized spacial score (nSPS) is 11.5. The maximum atomic E-state index is 11.7. The van der Waals surface area contributed by atoms with Crippen LogP contribution in [0.15, 0.2) is 72.8 Å². The third-order valence-corrected chi connectivity index (χ3v) is 5.76. The lowest BCUT2D eigenvalue weighted by Crippen LogP contribution is -2.14. The molecule has 0 atom stereocenters. The van der Waals surface area contributed by atoms with Gasteiger partial charge in [0, 0.05) is 6.42 Å². The Labute approximate surface area is 169 Å². The number of benzene rings is 3.